The van der Waals surface area contributed by atoms with E-state index in [1.54, 1.807) is 0 Å². The summed E-state index contributed by atoms with van der Waals surface area (Å²) in [6.07, 6.45) is 3.73. The van der Waals surface area contributed by atoms with E-state index in [2.05, 4.69) is 94.5 Å². The Morgan fingerprint density at radius 1 is 0.774 bits per heavy atom. The number of nitrogens with one attached hydrogen (secondary N) is 2. The molecule has 2 amide bonds. The molecule has 0 radical (unpaired) electrons. The third kappa shape index (κ3) is 6.19. The fourth-order valence-electron chi connectivity index (χ4n) is 3.78. The van der Waals surface area contributed by atoms with Gasteiger partial charge in [0, 0.05) is 28.2 Å². The highest BCUT2D eigenvalue weighted by atomic mass is 79.9. The largest absolute Gasteiger partial charge is 0.325 e. The molecule has 2 aromatic carbocycles. The Kier molecular flexibility index (Phi) is 8.90. The van der Waals surface area contributed by atoms with Crippen LogP contribution in [-0.4, -0.2) is 11.8 Å². The summed E-state index contributed by atoms with van der Waals surface area (Å²) in [5.41, 5.74) is 6.00. The van der Waals surface area contributed by atoms with Gasteiger partial charge in [0.25, 0.3) is 0 Å². The molecule has 2 N–H and O–H groups in total. The van der Waals surface area contributed by atoms with Gasteiger partial charge in [0.15, 0.2) is 0 Å². The highest BCUT2D eigenvalue weighted by molar-refractivity contribution is 9.11. The number of hydrogen-bond acceptors (Lipinski definition) is 2. The zero-order chi connectivity index (χ0) is 23.3. The minimum atomic E-state index is -0.278. The Hall–Kier alpha value is -1.66. The first-order chi connectivity index (χ1) is 14.5. The molecule has 0 saturated heterocycles. The van der Waals surface area contributed by atoms with Gasteiger partial charge in [0.1, 0.15) is 0 Å². The van der Waals surface area contributed by atoms with Crippen molar-refractivity contribution in [3.63, 3.8) is 0 Å². The molecule has 2 aromatic rings. The van der Waals surface area contributed by atoms with Crippen LogP contribution in [-0.2, 0) is 27.8 Å². The molecule has 6 heteroatoms. The standard InChI is InChI=1S/C25H32Br2N2O2/c1-7-9-17-11-19(13-21(26)23(17)28-15(3)30)25(5,6)20-12-18(10-8-2)24(22(27)14-20)29-16(4)31/h11-14H,7-10H2,1-6H3,(H,28,30)(H,29,31). The lowest BCUT2D eigenvalue weighted by Crippen LogP contribution is -2.21. The maximum absolute atomic E-state index is 11.7. The summed E-state index contributed by atoms with van der Waals surface area (Å²) in [4.78, 5) is 23.4. The van der Waals surface area contributed by atoms with Gasteiger partial charge in [-0.25, -0.2) is 0 Å². The first kappa shape index (κ1) is 25.6. The zero-order valence-corrected chi connectivity index (χ0v) is 22.4. The van der Waals surface area contributed by atoms with Crippen LogP contribution in [0.3, 0.4) is 0 Å². The molecule has 0 bridgehead atoms. The fraction of sp³-hybridized carbons (Fsp3) is 0.440. The normalized spacial score (nSPS) is 11.4. The van der Waals surface area contributed by atoms with E-state index < -0.39 is 0 Å². The third-order valence-electron chi connectivity index (χ3n) is 5.43. The number of carbonyl (C=O) groups excluding carboxylic acids is 2. The minimum absolute atomic E-state index is 0.0771. The Morgan fingerprint density at radius 3 is 1.42 bits per heavy atom. The molecule has 0 fully saturated rings. The Bertz CT molecular complexity index is 906. The number of amides is 2. The second kappa shape index (κ2) is 10.8. The van der Waals surface area contributed by atoms with Crippen LogP contribution in [0.15, 0.2) is 33.2 Å². The van der Waals surface area contributed by atoms with Crippen LogP contribution in [0, 0.1) is 0 Å². The monoisotopic (exact) mass is 550 g/mol. The molecular formula is C25H32Br2N2O2. The van der Waals surface area contributed by atoms with Crippen LogP contribution >= 0.6 is 31.9 Å². The van der Waals surface area contributed by atoms with E-state index in [1.807, 2.05) is 0 Å². The fourth-order valence-corrected chi connectivity index (χ4v) is 4.98. The maximum Gasteiger partial charge on any atom is 0.221 e. The van der Waals surface area contributed by atoms with Crippen LogP contribution in [0.2, 0.25) is 0 Å². The lowest BCUT2D eigenvalue weighted by atomic mass is 9.76. The number of anilines is 2. The number of hydrogen-bond donors (Lipinski definition) is 2. The summed E-state index contributed by atoms with van der Waals surface area (Å²) in [7, 11) is 0. The van der Waals surface area contributed by atoms with Crippen LogP contribution < -0.4 is 10.6 Å². The van der Waals surface area contributed by atoms with E-state index in [1.165, 1.54) is 25.0 Å². The van der Waals surface area contributed by atoms with Gasteiger partial charge in [-0.05, 0) is 79.1 Å². The van der Waals surface area contributed by atoms with Crippen molar-refractivity contribution in [3.05, 3.63) is 55.5 Å². The van der Waals surface area contributed by atoms with Gasteiger partial charge in [-0.1, -0.05) is 52.7 Å². The van der Waals surface area contributed by atoms with Crippen LogP contribution in [0.25, 0.3) is 0 Å². The van der Waals surface area contributed by atoms with E-state index in [4.69, 9.17) is 0 Å². The number of halogens is 2. The molecule has 0 aliphatic rings. The number of carbonyl (C=O) groups is 2. The predicted molar refractivity (Wildman–Crippen MR) is 137 cm³/mol. The summed E-state index contributed by atoms with van der Waals surface area (Å²) >= 11 is 7.37. The van der Waals surface area contributed by atoms with Crippen molar-refractivity contribution in [3.8, 4) is 0 Å². The highest BCUT2D eigenvalue weighted by Gasteiger charge is 2.27. The quantitative estimate of drug-likeness (QED) is 0.360. The topological polar surface area (TPSA) is 58.2 Å². The molecule has 0 heterocycles. The summed E-state index contributed by atoms with van der Waals surface area (Å²) in [5, 5.41) is 5.94. The van der Waals surface area contributed by atoms with Crippen molar-refractivity contribution >= 4 is 55.0 Å². The number of rotatable bonds is 8. The van der Waals surface area contributed by atoms with Gasteiger partial charge < -0.3 is 10.6 Å². The van der Waals surface area contributed by atoms with Crippen molar-refractivity contribution < 1.29 is 9.59 Å². The molecule has 0 aliphatic heterocycles. The van der Waals surface area contributed by atoms with E-state index in [0.717, 1.165) is 57.1 Å². The second-order valence-electron chi connectivity index (χ2n) is 8.47. The first-order valence-electron chi connectivity index (χ1n) is 10.7. The smallest absolute Gasteiger partial charge is 0.221 e. The second-order valence-corrected chi connectivity index (χ2v) is 10.2. The minimum Gasteiger partial charge on any atom is -0.325 e. The van der Waals surface area contributed by atoms with Crippen molar-refractivity contribution in [1.29, 1.82) is 0 Å². The van der Waals surface area contributed by atoms with Gasteiger partial charge in [0.05, 0.1) is 11.4 Å². The van der Waals surface area contributed by atoms with E-state index in [9.17, 15) is 9.59 Å². The summed E-state index contributed by atoms with van der Waals surface area (Å²) in [5.74, 6) is -0.154. The predicted octanol–water partition coefficient (Wildman–Crippen LogP) is 7.36. The lowest BCUT2D eigenvalue weighted by molar-refractivity contribution is -0.115. The molecule has 0 spiro atoms. The maximum atomic E-state index is 11.7. The summed E-state index contributed by atoms with van der Waals surface area (Å²) in [6, 6.07) is 8.60. The van der Waals surface area contributed by atoms with Crippen molar-refractivity contribution in [2.24, 2.45) is 0 Å². The molecular weight excluding hydrogens is 520 g/mol. The average Bonchev–Trinajstić information content (AvgIpc) is 2.66. The Morgan fingerprint density at radius 2 is 1.13 bits per heavy atom. The first-order valence-corrected chi connectivity index (χ1v) is 12.3. The summed E-state index contributed by atoms with van der Waals surface area (Å²) in [6.45, 7) is 11.7. The van der Waals surface area contributed by atoms with Gasteiger partial charge in [-0.3, -0.25) is 9.59 Å². The van der Waals surface area contributed by atoms with E-state index in [-0.39, 0.29) is 17.2 Å². The van der Waals surface area contributed by atoms with Crippen LogP contribution in [0.5, 0.6) is 0 Å². The van der Waals surface area contributed by atoms with Crippen molar-refractivity contribution in [2.45, 2.75) is 72.6 Å². The molecule has 0 atom stereocenters. The molecule has 168 valence electrons. The molecule has 0 saturated carbocycles. The molecule has 2 rings (SSSR count). The van der Waals surface area contributed by atoms with E-state index >= 15 is 0 Å². The van der Waals surface area contributed by atoms with Gasteiger partial charge in [-0.2, -0.15) is 0 Å². The van der Waals surface area contributed by atoms with Crippen LogP contribution in [0.1, 0.15) is 76.6 Å². The Labute approximate surface area is 202 Å². The summed E-state index contributed by atoms with van der Waals surface area (Å²) < 4.78 is 1.78. The lowest BCUT2D eigenvalue weighted by Gasteiger charge is -2.29. The number of benzene rings is 2. The van der Waals surface area contributed by atoms with E-state index in [0.29, 0.717) is 0 Å². The Balaban J connectivity index is 2.63. The molecule has 0 unspecified atom stereocenters. The van der Waals surface area contributed by atoms with Crippen LogP contribution in [0.4, 0.5) is 11.4 Å². The SMILES string of the molecule is CCCc1cc(C(C)(C)c2cc(Br)c(NC(C)=O)c(CCC)c2)cc(Br)c1NC(C)=O. The number of aryl methyl sites for hydroxylation is 2. The molecule has 0 aromatic heterocycles. The van der Waals surface area contributed by atoms with Gasteiger partial charge in [-0.15, -0.1) is 0 Å². The van der Waals surface area contributed by atoms with Crippen molar-refractivity contribution in [2.75, 3.05) is 10.6 Å². The molecule has 31 heavy (non-hydrogen) atoms. The highest BCUT2D eigenvalue weighted by Crippen LogP contribution is 2.41. The molecule has 0 aliphatic carbocycles. The van der Waals surface area contributed by atoms with Crippen molar-refractivity contribution in [1.82, 2.24) is 0 Å². The third-order valence-corrected chi connectivity index (χ3v) is 6.68. The van der Waals surface area contributed by atoms with Gasteiger partial charge in [0.2, 0.25) is 11.8 Å². The average molecular weight is 552 g/mol. The molecule has 4 nitrogen and oxygen atoms in total. The van der Waals surface area contributed by atoms with Gasteiger partial charge >= 0.3 is 0 Å². The zero-order valence-electron chi connectivity index (χ0n) is 19.2.